The number of benzene rings is 2. The van der Waals surface area contributed by atoms with Crippen molar-refractivity contribution in [2.24, 2.45) is 0 Å². The molecule has 26 heavy (non-hydrogen) atoms. The summed E-state index contributed by atoms with van der Waals surface area (Å²) < 4.78 is 16.3. The van der Waals surface area contributed by atoms with Crippen molar-refractivity contribution < 1.29 is 19.0 Å². The molecule has 0 saturated heterocycles. The fourth-order valence-electron chi connectivity index (χ4n) is 3.73. The first-order valence-corrected chi connectivity index (χ1v) is 8.94. The standard InChI is InChI=1S/C21H23NO4/c1-24-19-11-15-5-7-22(13-17(15)12-20(19)25-2)21(23)10-14-3-4-18-16(9-14)6-8-26-18/h3-4,9,11-12H,5-8,10,13H2,1-2H3. The monoisotopic (exact) mass is 353 g/mol. The fourth-order valence-corrected chi connectivity index (χ4v) is 3.73. The topological polar surface area (TPSA) is 48.0 Å². The van der Waals surface area contributed by atoms with Crippen LogP contribution >= 0.6 is 0 Å². The van der Waals surface area contributed by atoms with E-state index in [9.17, 15) is 4.79 Å². The Morgan fingerprint density at radius 2 is 1.81 bits per heavy atom. The minimum Gasteiger partial charge on any atom is -0.493 e. The maximum atomic E-state index is 12.8. The molecule has 0 aliphatic carbocycles. The molecule has 4 rings (SSSR count). The van der Waals surface area contributed by atoms with Crippen LogP contribution in [0.2, 0.25) is 0 Å². The highest BCUT2D eigenvalue weighted by Gasteiger charge is 2.23. The third kappa shape index (κ3) is 3.09. The summed E-state index contributed by atoms with van der Waals surface area (Å²) in [4.78, 5) is 14.7. The molecule has 0 N–H and O–H groups in total. The van der Waals surface area contributed by atoms with Crippen molar-refractivity contribution in [3.05, 3.63) is 52.6 Å². The zero-order valence-electron chi connectivity index (χ0n) is 15.2. The number of nitrogens with zero attached hydrogens (tertiary/aromatic N) is 1. The van der Waals surface area contributed by atoms with E-state index in [1.165, 1.54) is 11.1 Å². The number of carbonyl (C=O) groups excluding carboxylic acids is 1. The number of rotatable bonds is 4. The van der Waals surface area contributed by atoms with E-state index < -0.39 is 0 Å². The lowest BCUT2D eigenvalue weighted by Crippen LogP contribution is -2.37. The van der Waals surface area contributed by atoms with Crippen LogP contribution in [0.4, 0.5) is 0 Å². The first kappa shape index (κ1) is 16.8. The second-order valence-electron chi connectivity index (χ2n) is 6.76. The van der Waals surface area contributed by atoms with E-state index in [1.807, 2.05) is 29.2 Å². The van der Waals surface area contributed by atoms with E-state index in [0.717, 1.165) is 48.6 Å². The van der Waals surface area contributed by atoms with Gasteiger partial charge < -0.3 is 19.1 Å². The van der Waals surface area contributed by atoms with Crippen LogP contribution in [-0.2, 0) is 30.6 Å². The molecule has 136 valence electrons. The van der Waals surface area contributed by atoms with Crippen molar-refractivity contribution in [2.75, 3.05) is 27.4 Å². The highest BCUT2D eigenvalue weighted by molar-refractivity contribution is 5.79. The lowest BCUT2D eigenvalue weighted by Gasteiger charge is -2.29. The Bertz CT molecular complexity index is 846. The molecule has 0 unspecified atom stereocenters. The van der Waals surface area contributed by atoms with Crippen LogP contribution in [0.5, 0.6) is 17.2 Å². The summed E-state index contributed by atoms with van der Waals surface area (Å²) in [6, 6.07) is 10.1. The first-order valence-electron chi connectivity index (χ1n) is 8.94. The predicted octanol–water partition coefficient (Wildman–Crippen LogP) is 2.77. The molecule has 0 aromatic heterocycles. The minimum atomic E-state index is 0.157. The molecule has 0 fully saturated rings. The molecule has 2 aliphatic rings. The number of hydrogen-bond donors (Lipinski definition) is 0. The summed E-state index contributed by atoms with van der Waals surface area (Å²) in [5.74, 6) is 2.56. The van der Waals surface area contributed by atoms with E-state index in [4.69, 9.17) is 14.2 Å². The Labute approximate surface area is 153 Å². The van der Waals surface area contributed by atoms with E-state index in [-0.39, 0.29) is 5.91 Å². The van der Waals surface area contributed by atoms with E-state index in [0.29, 0.717) is 18.7 Å². The van der Waals surface area contributed by atoms with Crippen molar-refractivity contribution in [3.63, 3.8) is 0 Å². The molecular weight excluding hydrogens is 330 g/mol. The molecule has 0 atom stereocenters. The fraction of sp³-hybridized carbons (Fsp3) is 0.381. The van der Waals surface area contributed by atoms with Crippen molar-refractivity contribution in [1.29, 1.82) is 0 Å². The normalized spacial score (nSPS) is 15.1. The summed E-state index contributed by atoms with van der Waals surface area (Å²) in [6.07, 6.45) is 2.19. The highest BCUT2D eigenvalue weighted by Crippen LogP contribution is 2.33. The molecule has 2 aromatic carbocycles. The Hall–Kier alpha value is -2.69. The van der Waals surface area contributed by atoms with Crippen LogP contribution in [0, 0.1) is 0 Å². The van der Waals surface area contributed by atoms with Gasteiger partial charge in [0.25, 0.3) is 0 Å². The van der Waals surface area contributed by atoms with Gasteiger partial charge in [-0.25, -0.2) is 0 Å². The van der Waals surface area contributed by atoms with Crippen molar-refractivity contribution >= 4 is 5.91 Å². The van der Waals surface area contributed by atoms with Crippen LogP contribution in [-0.4, -0.2) is 38.2 Å². The van der Waals surface area contributed by atoms with Gasteiger partial charge in [-0.1, -0.05) is 12.1 Å². The Balaban J connectivity index is 1.48. The second-order valence-corrected chi connectivity index (χ2v) is 6.76. The van der Waals surface area contributed by atoms with Crippen molar-refractivity contribution in [2.45, 2.75) is 25.8 Å². The summed E-state index contributed by atoms with van der Waals surface area (Å²) >= 11 is 0. The number of fused-ring (bicyclic) bond motifs is 2. The van der Waals surface area contributed by atoms with Crippen molar-refractivity contribution in [1.82, 2.24) is 4.90 Å². The molecule has 1 amide bonds. The summed E-state index contributed by atoms with van der Waals surface area (Å²) in [5.41, 5.74) is 4.61. The molecule has 0 radical (unpaired) electrons. The molecule has 5 nitrogen and oxygen atoms in total. The number of ether oxygens (including phenoxy) is 3. The molecule has 2 heterocycles. The van der Waals surface area contributed by atoms with Crippen LogP contribution in [0.3, 0.4) is 0 Å². The lowest BCUT2D eigenvalue weighted by atomic mass is 9.98. The number of carbonyl (C=O) groups is 1. The van der Waals surface area contributed by atoms with Crippen LogP contribution < -0.4 is 14.2 Å². The predicted molar refractivity (Wildman–Crippen MR) is 98.0 cm³/mol. The lowest BCUT2D eigenvalue weighted by molar-refractivity contribution is -0.131. The maximum Gasteiger partial charge on any atom is 0.227 e. The van der Waals surface area contributed by atoms with Crippen LogP contribution in [0.1, 0.15) is 22.3 Å². The molecule has 0 bridgehead atoms. The zero-order valence-corrected chi connectivity index (χ0v) is 15.2. The number of hydrogen-bond acceptors (Lipinski definition) is 4. The van der Waals surface area contributed by atoms with Crippen LogP contribution in [0.25, 0.3) is 0 Å². The van der Waals surface area contributed by atoms with Crippen molar-refractivity contribution in [3.8, 4) is 17.2 Å². The number of amides is 1. The van der Waals surface area contributed by atoms with Crippen LogP contribution in [0.15, 0.2) is 30.3 Å². The van der Waals surface area contributed by atoms with Gasteiger partial charge >= 0.3 is 0 Å². The summed E-state index contributed by atoms with van der Waals surface area (Å²) in [5, 5.41) is 0. The smallest absolute Gasteiger partial charge is 0.227 e. The van der Waals surface area contributed by atoms with Gasteiger partial charge in [0.05, 0.1) is 27.2 Å². The van der Waals surface area contributed by atoms with Gasteiger partial charge in [-0.2, -0.15) is 0 Å². The third-order valence-electron chi connectivity index (χ3n) is 5.18. The van der Waals surface area contributed by atoms with Gasteiger partial charge in [0, 0.05) is 19.5 Å². The van der Waals surface area contributed by atoms with Gasteiger partial charge in [0.15, 0.2) is 11.5 Å². The van der Waals surface area contributed by atoms with Gasteiger partial charge in [-0.15, -0.1) is 0 Å². The molecular formula is C21H23NO4. The Morgan fingerprint density at radius 3 is 2.58 bits per heavy atom. The van der Waals surface area contributed by atoms with Gasteiger partial charge in [-0.05, 0) is 46.9 Å². The third-order valence-corrected chi connectivity index (χ3v) is 5.18. The average Bonchev–Trinajstić information content (AvgIpc) is 3.14. The van der Waals surface area contributed by atoms with E-state index in [1.54, 1.807) is 14.2 Å². The van der Waals surface area contributed by atoms with Gasteiger partial charge in [0.2, 0.25) is 5.91 Å². The molecule has 0 spiro atoms. The zero-order chi connectivity index (χ0) is 18.1. The van der Waals surface area contributed by atoms with Gasteiger partial charge in [0.1, 0.15) is 5.75 Å². The quantitative estimate of drug-likeness (QED) is 0.848. The first-order chi connectivity index (χ1) is 12.7. The average molecular weight is 353 g/mol. The molecule has 0 saturated carbocycles. The Kier molecular flexibility index (Phi) is 4.45. The molecule has 2 aliphatic heterocycles. The maximum absolute atomic E-state index is 12.8. The highest BCUT2D eigenvalue weighted by atomic mass is 16.5. The SMILES string of the molecule is COc1cc2c(cc1OC)CN(C(=O)Cc1ccc3c(c1)CCO3)CC2. The van der Waals surface area contributed by atoms with E-state index >= 15 is 0 Å². The van der Waals surface area contributed by atoms with Gasteiger partial charge in [-0.3, -0.25) is 4.79 Å². The largest absolute Gasteiger partial charge is 0.493 e. The molecule has 5 heteroatoms. The Morgan fingerprint density at radius 1 is 1.04 bits per heavy atom. The van der Waals surface area contributed by atoms with E-state index in [2.05, 4.69) is 6.07 Å². The summed E-state index contributed by atoms with van der Waals surface area (Å²) in [6.45, 7) is 2.08. The second kappa shape index (κ2) is 6.90. The number of methoxy groups -OCH3 is 2. The minimum absolute atomic E-state index is 0.157. The summed E-state index contributed by atoms with van der Waals surface area (Å²) in [7, 11) is 3.28. The molecule has 2 aromatic rings.